The van der Waals surface area contributed by atoms with Crippen molar-refractivity contribution < 1.29 is 0 Å². The number of halogens is 1. The Labute approximate surface area is 115 Å². The number of rotatable bonds is 1. The summed E-state index contributed by atoms with van der Waals surface area (Å²) in [6.45, 7) is 0. The van der Waals surface area contributed by atoms with Crippen molar-refractivity contribution in [2.45, 2.75) is 0 Å². The molecule has 0 saturated heterocycles. The molecular weight excluding hydrogens is 264 g/mol. The van der Waals surface area contributed by atoms with Gasteiger partial charge in [-0.15, -0.1) is 0 Å². The topological polar surface area (TPSA) is 15.6 Å². The Morgan fingerprint density at radius 2 is 1.94 bits per heavy atom. The van der Waals surface area contributed by atoms with Crippen LogP contribution in [-0.2, 0) is 0 Å². The minimum absolute atomic E-state index is 0.706. The fourth-order valence-electron chi connectivity index (χ4n) is 2.02. The third-order valence-corrected chi connectivity index (χ3v) is 3.83. The lowest BCUT2D eigenvalue weighted by atomic mass is 10.2. The summed E-state index contributed by atoms with van der Waals surface area (Å²) in [5.74, 6) is 0. The average molecular weight is 275 g/mol. The van der Waals surface area contributed by atoms with Crippen molar-refractivity contribution in [3.05, 3.63) is 53.1 Å². The highest BCUT2D eigenvalue weighted by Crippen LogP contribution is 2.42. The summed E-state index contributed by atoms with van der Waals surface area (Å²) < 4.78 is 2.17. The minimum atomic E-state index is 0.706. The normalized spacial score (nSPS) is 12.9. The maximum atomic E-state index is 6.03. The molecule has 1 aliphatic rings. The lowest BCUT2D eigenvalue weighted by Gasteiger charge is -2.22. The van der Waals surface area contributed by atoms with Crippen LogP contribution in [0.2, 0.25) is 5.02 Å². The second-order valence-electron chi connectivity index (χ2n) is 3.93. The fraction of sp³-hybridized carbons (Fsp3) is 0.0714. The molecule has 3 rings (SSSR count). The van der Waals surface area contributed by atoms with E-state index in [9.17, 15) is 0 Å². The first-order chi connectivity index (χ1) is 8.79. The van der Waals surface area contributed by atoms with Crippen molar-refractivity contribution in [3.8, 4) is 0 Å². The van der Waals surface area contributed by atoms with Crippen LogP contribution in [0.15, 0.2) is 47.5 Å². The van der Waals surface area contributed by atoms with Gasteiger partial charge in [-0.2, -0.15) is 0 Å². The molecule has 0 bridgehead atoms. The number of fused-ring (bicyclic) bond motifs is 2. The predicted octanol–water partition coefficient (Wildman–Crippen LogP) is 4.82. The Morgan fingerprint density at radius 3 is 2.78 bits per heavy atom. The van der Waals surface area contributed by atoms with Crippen molar-refractivity contribution in [2.24, 2.45) is 4.99 Å². The SMILES string of the molecule is CSN1c2ccccc2C=Nc2cc(Cl)ccc21. The molecule has 0 unspecified atom stereocenters. The minimum Gasteiger partial charge on any atom is -0.282 e. The molecule has 0 atom stereocenters. The van der Waals surface area contributed by atoms with Gasteiger partial charge in [0.1, 0.15) is 0 Å². The number of para-hydroxylation sites is 1. The molecule has 0 amide bonds. The molecule has 2 aromatic rings. The maximum Gasteiger partial charge on any atom is 0.0890 e. The highest BCUT2D eigenvalue weighted by atomic mass is 35.5. The van der Waals surface area contributed by atoms with E-state index < -0.39 is 0 Å². The van der Waals surface area contributed by atoms with E-state index in [1.165, 1.54) is 0 Å². The van der Waals surface area contributed by atoms with Gasteiger partial charge in [0, 0.05) is 23.1 Å². The zero-order valence-electron chi connectivity index (χ0n) is 9.80. The lowest BCUT2D eigenvalue weighted by molar-refractivity contribution is 1.42. The first kappa shape index (κ1) is 11.6. The molecule has 1 heterocycles. The van der Waals surface area contributed by atoms with Gasteiger partial charge in [-0.1, -0.05) is 29.8 Å². The van der Waals surface area contributed by atoms with Crippen molar-refractivity contribution in [1.29, 1.82) is 0 Å². The summed E-state index contributed by atoms with van der Waals surface area (Å²) in [5, 5.41) is 0.706. The molecule has 0 saturated carbocycles. The summed E-state index contributed by atoms with van der Waals surface area (Å²) in [4.78, 5) is 4.52. The van der Waals surface area contributed by atoms with Gasteiger partial charge >= 0.3 is 0 Å². The molecule has 2 nitrogen and oxygen atoms in total. The lowest BCUT2D eigenvalue weighted by Crippen LogP contribution is -2.07. The van der Waals surface area contributed by atoms with E-state index in [0.717, 1.165) is 22.6 Å². The van der Waals surface area contributed by atoms with Crippen LogP contribution < -0.4 is 4.31 Å². The average Bonchev–Trinajstić information content (AvgIpc) is 2.55. The van der Waals surface area contributed by atoms with Crippen molar-refractivity contribution in [2.75, 3.05) is 10.6 Å². The molecule has 0 spiro atoms. The van der Waals surface area contributed by atoms with E-state index in [2.05, 4.69) is 27.7 Å². The van der Waals surface area contributed by atoms with E-state index in [-0.39, 0.29) is 0 Å². The Bertz CT molecular complexity index is 625. The molecule has 18 heavy (non-hydrogen) atoms. The number of hydrogen-bond acceptors (Lipinski definition) is 3. The standard InChI is InChI=1S/C14H11ClN2S/c1-18-17-13-5-3-2-4-10(13)9-16-12-8-11(15)6-7-14(12)17/h2-9H,1H3. The first-order valence-electron chi connectivity index (χ1n) is 5.56. The zero-order valence-corrected chi connectivity index (χ0v) is 11.4. The van der Waals surface area contributed by atoms with Crippen molar-refractivity contribution in [1.82, 2.24) is 0 Å². The van der Waals surface area contributed by atoms with Crippen LogP contribution in [-0.4, -0.2) is 12.5 Å². The van der Waals surface area contributed by atoms with Crippen LogP contribution in [0, 0.1) is 0 Å². The third-order valence-electron chi connectivity index (χ3n) is 2.84. The summed E-state index contributed by atoms with van der Waals surface area (Å²) >= 11 is 7.69. The van der Waals surface area contributed by atoms with E-state index in [0.29, 0.717) is 5.02 Å². The highest BCUT2D eigenvalue weighted by molar-refractivity contribution is 8.00. The van der Waals surface area contributed by atoms with Crippen LogP contribution in [0.1, 0.15) is 5.56 Å². The summed E-state index contributed by atoms with van der Waals surface area (Å²) in [7, 11) is 0. The van der Waals surface area contributed by atoms with Crippen molar-refractivity contribution >= 4 is 46.8 Å². The van der Waals surface area contributed by atoms with Crippen LogP contribution in [0.25, 0.3) is 0 Å². The number of aliphatic imine (C=N–C) groups is 1. The van der Waals surface area contributed by atoms with E-state index in [1.54, 1.807) is 11.9 Å². The monoisotopic (exact) mass is 274 g/mol. The van der Waals surface area contributed by atoms with Crippen molar-refractivity contribution in [3.63, 3.8) is 0 Å². The molecule has 0 aromatic heterocycles. The summed E-state index contributed by atoms with van der Waals surface area (Å²) in [6, 6.07) is 14.0. The van der Waals surface area contributed by atoms with Crippen LogP contribution in [0.5, 0.6) is 0 Å². The fourth-order valence-corrected chi connectivity index (χ4v) is 2.90. The highest BCUT2D eigenvalue weighted by Gasteiger charge is 2.17. The third kappa shape index (κ3) is 1.89. The Kier molecular flexibility index (Phi) is 3.02. The predicted molar refractivity (Wildman–Crippen MR) is 80.8 cm³/mol. The van der Waals surface area contributed by atoms with Crippen LogP contribution in [0.4, 0.5) is 17.1 Å². The van der Waals surface area contributed by atoms with E-state index in [1.807, 2.05) is 36.5 Å². The molecule has 0 fully saturated rings. The largest absolute Gasteiger partial charge is 0.282 e. The molecule has 0 N–H and O–H groups in total. The Morgan fingerprint density at radius 1 is 1.11 bits per heavy atom. The number of hydrogen-bond donors (Lipinski definition) is 0. The molecule has 1 aliphatic heterocycles. The zero-order chi connectivity index (χ0) is 12.5. The molecule has 90 valence electrons. The second-order valence-corrected chi connectivity index (χ2v) is 5.09. The molecule has 2 aromatic carbocycles. The van der Waals surface area contributed by atoms with Gasteiger partial charge in [-0.25, -0.2) is 0 Å². The van der Waals surface area contributed by atoms with Gasteiger partial charge < -0.3 is 0 Å². The van der Waals surface area contributed by atoms with E-state index in [4.69, 9.17) is 11.6 Å². The molecular formula is C14H11ClN2S. The van der Waals surface area contributed by atoms with Gasteiger partial charge in [0.25, 0.3) is 0 Å². The molecule has 4 heteroatoms. The Balaban J connectivity index is 2.25. The van der Waals surface area contributed by atoms with Gasteiger partial charge in [0.05, 0.1) is 17.1 Å². The Hall–Kier alpha value is -1.45. The molecule has 0 aliphatic carbocycles. The van der Waals surface area contributed by atoms with Crippen LogP contribution >= 0.6 is 23.5 Å². The number of nitrogens with zero attached hydrogens (tertiary/aromatic N) is 2. The number of benzene rings is 2. The first-order valence-corrected chi connectivity index (χ1v) is 7.12. The summed E-state index contributed by atoms with van der Waals surface area (Å²) in [5.41, 5.74) is 4.22. The smallest absolute Gasteiger partial charge is 0.0890 e. The van der Waals surface area contributed by atoms with Crippen LogP contribution in [0.3, 0.4) is 0 Å². The van der Waals surface area contributed by atoms with Gasteiger partial charge in [0.15, 0.2) is 0 Å². The number of anilines is 2. The second kappa shape index (κ2) is 4.67. The van der Waals surface area contributed by atoms with E-state index >= 15 is 0 Å². The van der Waals surface area contributed by atoms with Gasteiger partial charge in [-0.3, -0.25) is 9.30 Å². The summed E-state index contributed by atoms with van der Waals surface area (Å²) in [6.07, 6.45) is 3.95. The molecule has 0 radical (unpaired) electrons. The van der Waals surface area contributed by atoms with Gasteiger partial charge in [-0.05, 0) is 36.2 Å². The van der Waals surface area contributed by atoms with Gasteiger partial charge in [0.2, 0.25) is 0 Å². The maximum absolute atomic E-state index is 6.03. The quantitative estimate of drug-likeness (QED) is 0.693.